The SMILES string of the molecule is O=C(O)CC(C(=O)O)C(C(=O)O)C(C(=O)O)[P+](=O)O. The zero-order valence-electron chi connectivity index (χ0n) is 9.16. The Morgan fingerprint density at radius 1 is 0.895 bits per heavy atom. The number of carboxylic acid groups (broad SMARTS) is 4. The van der Waals surface area contributed by atoms with Crippen molar-refractivity contribution in [3.05, 3.63) is 0 Å². The summed E-state index contributed by atoms with van der Waals surface area (Å²) < 4.78 is 10.9. The molecule has 0 aromatic heterocycles. The third-order valence-corrected chi connectivity index (χ3v) is 3.28. The van der Waals surface area contributed by atoms with Gasteiger partial charge in [0.05, 0.1) is 12.3 Å². The van der Waals surface area contributed by atoms with E-state index in [1.165, 1.54) is 0 Å². The molecule has 5 N–H and O–H groups in total. The van der Waals surface area contributed by atoms with Gasteiger partial charge in [0.15, 0.2) is 0 Å². The first kappa shape index (κ1) is 16.9. The molecule has 0 saturated carbocycles. The number of carbonyl (C=O) groups is 4. The van der Waals surface area contributed by atoms with Crippen LogP contribution in [0.25, 0.3) is 0 Å². The molecule has 0 aliphatic carbocycles. The molecular formula is C8H10O10P+. The maximum absolute atomic E-state index is 10.9. The smallest absolute Gasteiger partial charge is 0.481 e. The maximum Gasteiger partial charge on any atom is 0.521 e. The fourth-order valence-electron chi connectivity index (χ4n) is 1.47. The Balaban J connectivity index is 5.65. The van der Waals surface area contributed by atoms with Crippen LogP contribution in [-0.2, 0) is 23.7 Å². The van der Waals surface area contributed by atoms with E-state index in [0.717, 1.165) is 0 Å². The quantitative estimate of drug-likeness (QED) is 0.349. The van der Waals surface area contributed by atoms with Crippen molar-refractivity contribution < 1.29 is 49.1 Å². The fraction of sp³-hybridized carbons (Fsp3) is 0.500. The molecule has 4 unspecified atom stereocenters. The molecule has 0 saturated heterocycles. The van der Waals surface area contributed by atoms with E-state index in [0.29, 0.717) is 0 Å². The van der Waals surface area contributed by atoms with Gasteiger partial charge in [-0.05, 0) is 4.57 Å². The lowest BCUT2D eigenvalue weighted by atomic mass is 9.86. The molecular weight excluding hydrogens is 287 g/mol. The van der Waals surface area contributed by atoms with Gasteiger partial charge in [0.25, 0.3) is 5.66 Å². The summed E-state index contributed by atoms with van der Waals surface area (Å²) in [5.41, 5.74) is -2.41. The lowest BCUT2D eigenvalue weighted by Gasteiger charge is -2.17. The van der Waals surface area contributed by atoms with Gasteiger partial charge in [-0.15, -0.1) is 0 Å². The van der Waals surface area contributed by atoms with Gasteiger partial charge < -0.3 is 20.4 Å². The highest BCUT2D eigenvalue weighted by Gasteiger charge is 2.54. The van der Waals surface area contributed by atoms with Crippen molar-refractivity contribution >= 4 is 31.9 Å². The van der Waals surface area contributed by atoms with Crippen molar-refractivity contribution in [2.45, 2.75) is 12.1 Å². The Morgan fingerprint density at radius 3 is 1.58 bits per heavy atom. The van der Waals surface area contributed by atoms with Crippen LogP contribution >= 0.6 is 8.03 Å². The molecule has 0 aromatic rings. The van der Waals surface area contributed by atoms with Crippen LogP contribution in [0.2, 0.25) is 0 Å². The standard InChI is InChI=1S/C8H9O10P/c9-3(10)1-2(6(11)12)4(7(13)14)5(8(15)16)19(17)18/h2,4-5H,1H2,(H4-,9,10,11,12,13,14,15,16,17,18)/p+1. The van der Waals surface area contributed by atoms with E-state index in [1.807, 2.05) is 0 Å². The Morgan fingerprint density at radius 2 is 1.37 bits per heavy atom. The van der Waals surface area contributed by atoms with Gasteiger partial charge in [-0.25, -0.2) is 4.79 Å². The summed E-state index contributed by atoms with van der Waals surface area (Å²) in [7, 11) is -3.54. The molecule has 10 nitrogen and oxygen atoms in total. The molecule has 0 aliphatic rings. The first-order valence-corrected chi connectivity index (χ1v) is 5.93. The van der Waals surface area contributed by atoms with Gasteiger partial charge in [0.2, 0.25) is 0 Å². The molecule has 0 rings (SSSR count). The third-order valence-electron chi connectivity index (χ3n) is 2.26. The zero-order chi connectivity index (χ0) is 15.3. The minimum Gasteiger partial charge on any atom is -0.481 e. The first-order valence-electron chi connectivity index (χ1n) is 4.65. The summed E-state index contributed by atoms with van der Waals surface area (Å²) >= 11 is 0. The second-order valence-electron chi connectivity index (χ2n) is 3.49. The van der Waals surface area contributed by atoms with E-state index < -0.39 is 55.8 Å². The predicted molar refractivity (Wildman–Crippen MR) is 55.8 cm³/mol. The van der Waals surface area contributed by atoms with Gasteiger partial charge in [0.1, 0.15) is 5.92 Å². The van der Waals surface area contributed by atoms with Crippen molar-refractivity contribution in [3.63, 3.8) is 0 Å². The van der Waals surface area contributed by atoms with Crippen molar-refractivity contribution in [1.29, 1.82) is 0 Å². The monoisotopic (exact) mass is 297 g/mol. The number of hydrogen-bond acceptors (Lipinski definition) is 5. The maximum atomic E-state index is 10.9. The zero-order valence-corrected chi connectivity index (χ0v) is 10.1. The van der Waals surface area contributed by atoms with Crippen LogP contribution in [0.1, 0.15) is 6.42 Å². The van der Waals surface area contributed by atoms with Crippen LogP contribution in [0.5, 0.6) is 0 Å². The fourth-order valence-corrected chi connectivity index (χ4v) is 2.27. The van der Waals surface area contributed by atoms with Crippen molar-refractivity contribution in [3.8, 4) is 0 Å². The van der Waals surface area contributed by atoms with Crippen LogP contribution in [0.3, 0.4) is 0 Å². The van der Waals surface area contributed by atoms with E-state index in [-0.39, 0.29) is 0 Å². The second-order valence-corrected chi connectivity index (χ2v) is 4.65. The van der Waals surface area contributed by atoms with Crippen LogP contribution in [0.4, 0.5) is 0 Å². The number of hydrogen-bond donors (Lipinski definition) is 5. The molecule has 0 spiro atoms. The van der Waals surface area contributed by atoms with E-state index in [2.05, 4.69) is 0 Å². The molecule has 0 heterocycles. The third kappa shape index (κ3) is 4.60. The van der Waals surface area contributed by atoms with Crippen molar-refractivity contribution in [1.82, 2.24) is 0 Å². The summed E-state index contributed by atoms with van der Waals surface area (Å²) in [4.78, 5) is 51.8. The predicted octanol–water partition coefficient (Wildman–Crippen LogP) is -0.949. The van der Waals surface area contributed by atoms with Crippen LogP contribution < -0.4 is 0 Å². The molecule has 0 fully saturated rings. The lowest BCUT2D eigenvalue weighted by molar-refractivity contribution is -0.159. The lowest BCUT2D eigenvalue weighted by Crippen LogP contribution is -2.41. The summed E-state index contributed by atoms with van der Waals surface area (Å²) in [6, 6.07) is 0. The average Bonchev–Trinajstić information content (AvgIpc) is 2.20. The van der Waals surface area contributed by atoms with Gasteiger partial charge >= 0.3 is 31.9 Å². The summed E-state index contributed by atoms with van der Waals surface area (Å²) in [5, 5.41) is 34.7. The molecule has 0 aromatic carbocycles. The second kappa shape index (κ2) is 6.76. The van der Waals surface area contributed by atoms with Crippen molar-refractivity contribution in [2.24, 2.45) is 11.8 Å². The number of aliphatic carboxylic acids is 4. The molecule has 0 aliphatic heterocycles. The molecule has 19 heavy (non-hydrogen) atoms. The molecule has 0 bridgehead atoms. The highest BCUT2D eigenvalue weighted by molar-refractivity contribution is 7.40. The van der Waals surface area contributed by atoms with E-state index in [1.54, 1.807) is 0 Å². The summed E-state index contributed by atoms with van der Waals surface area (Å²) in [6.45, 7) is 0. The Hall–Kier alpha value is -2.06. The molecule has 4 atom stereocenters. The number of carboxylic acids is 4. The minimum atomic E-state index is -3.54. The van der Waals surface area contributed by atoms with Gasteiger partial charge in [0, 0.05) is 0 Å². The highest BCUT2D eigenvalue weighted by atomic mass is 31.1. The van der Waals surface area contributed by atoms with E-state index in [4.69, 9.17) is 25.3 Å². The first-order chi connectivity index (χ1) is 8.59. The molecule has 0 amide bonds. The topological polar surface area (TPSA) is 186 Å². The van der Waals surface area contributed by atoms with Gasteiger partial charge in [-0.1, -0.05) is 0 Å². The largest absolute Gasteiger partial charge is 0.521 e. The van der Waals surface area contributed by atoms with Crippen LogP contribution in [0, 0.1) is 11.8 Å². The van der Waals surface area contributed by atoms with Gasteiger partial charge in [-0.2, -0.15) is 4.89 Å². The molecule has 11 heteroatoms. The Labute approximate surface area is 106 Å². The Kier molecular flexibility index (Phi) is 6.03. The van der Waals surface area contributed by atoms with E-state index >= 15 is 0 Å². The van der Waals surface area contributed by atoms with Crippen LogP contribution in [0.15, 0.2) is 0 Å². The molecule has 106 valence electrons. The normalized spacial score (nSPS) is 15.9. The van der Waals surface area contributed by atoms with Gasteiger partial charge in [-0.3, -0.25) is 14.4 Å². The van der Waals surface area contributed by atoms with E-state index in [9.17, 15) is 23.7 Å². The highest BCUT2D eigenvalue weighted by Crippen LogP contribution is 2.35. The van der Waals surface area contributed by atoms with Crippen molar-refractivity contribution in [2.75, 3.05) is 0 Å². The van der Waals surface area contributed by atoms with Crippen LogP contribution in [-0.4, -0.2) is 54.9 Å². The summed E-state index contributed by atoms with van der Waals surface area (Å²) in [6.07, 6.45) is -1.18. The Bertz CT molecular complexity index is 415. The average molecular weight is 297 g/mol. The molecule has 0 radical (unpaired) electrons. The number of rotatable bonds is 8. The minimum absolute atomic E-state index is 1.18. The summed E-state index contributed by atoms with van der Waals surface area (Å²) in [5.74, 6) is -12.0.